The second-order valence-corrected chi connectivity index (χ2v) is 8.88. The van der Waals surface area contributed by atoms with E-state index in [2.05, 4.69) is 15.1 Å². The molecular formula is C15H21N5O3S2. The summed E-state index contributed by atoms with van der Waals surface area (Å²) >= 11 is 1.54. The van der Waals surface area contributed by atoms with Crippen LogP contribution < -0.4 is 10.0 Å². The van der Waals surface area contributed by atoms with Gasteiger partial charge in [0.1, 0.15) is 6.04 Å². The van der Waals surface area contributed by atoms with Gasteiger partial charge in [-0.15, -0.1) is 11.3 Å². The van der Waals surface area contributed by atoms with Gasteiger partial charge < -0.3 is 5.32 Å². The minimum absolute atomic E-state index is 0.299. The number of thiophene rings is 1. The summed E-state index contributed by atoms with van der Waals surface area (Å²) in [4.78, 5) is 13.6. The number of likely N-dealkylation sites (N-methyl/N-ethyl adjacent to an activating group) is 1. The largest absolute Gasteiger partial charge is 0.350 e. The van der Waals surface area contributed by atoms with E-state index in [0.717, 1.165) is 20.4 Å². The number of rotatable bonds is 4. The molecule has 1 aliphatic rings. The SMILES string of the molecule is Cc1nn(C)cc1[C@H]1C[C@@H](C(=O)NCc2cccs2)N(C)S(=O)(=O)N1. The van der Waals surface area contributed by atoms with Crippen molar-refractivity contribution in [3.8, 4) is 0 Å². The molecule has 136 valence electrons. The molecule has 0 bridgehead atoms. The van der Waals surface area contributed by atoms with Gasteiger partial charge in [-0.3, -0.25) is 9.48 Å². The fourth-order valence-corrected chi connectivity index (χ4v) is 4.89. The quantitative estimate of drug-likeness (QED) is 0.812. The Hall–Kier alpha value is -1.75. The summed E-state index contributed by atoms with van der Waals surface area (Å²) in [5, 5.41) is 9.03. The average molecular weight is 383 g/mol. The van der Waals surface area contributed by atoms with Gasteiger partial charge in [0.05, 0.1) is 18.3 Å². The van der Waals surface area contributed by atoms with Gasteiger partial charge >= 0.3 is 0 Å². The van der Waals surface area contributed by atoms with Crippen LogP contribution in [0, 0.1) is 6.92 Å². The van der Waals surface area contributed by atoms with Crippen molar-refractivity contribution in [3.63, 3.8) is 0 Å². The molecule has 0 saturated carbocycles. The van der Waals surface area contributed by atoms with E-state index in [-0.39, 0.29) is 5.91 Å². The highest BCUT2D eigenvalue weighted by atomic mass is 32.2. The molecule has 1 saturated heterocycles. The summed E-state index contributed by atoms with van der Waals surface area (Å²) in [6.07, 6.45) is 2.13. The van der Waals surface area contributed by atoms with Crippen LogP contribution in [-0.2, 0) is 28.6 Å². The number of aromatic nitrogens is 2. The summed E-state index contributed by atoms with van der Waals surface area (Å²) in [5.74, 6) is -0.299. The molecule has 3 rings (SSSR count). The van der Waals surface area contributed by atoms with Gasteiger partial charge in [-0.25, -0.2) is 0 Å². The lowest BCUT2D eigenvalue weighted by Crippen LogP contribution is -2.57. The third-order valence-electron chi connectivity index (χ3n) is 4.31. The molecule has 10 heteroatoms. The van der Waals surface area contributed by atoms with Gasteiger partial charge in [0, 0.05) is 30.7 Å². The van der Waals surface area contributed by atoms with Crippen LogP contribution >= 0.6 is 11.3 Å². The molecule has 0 aliphatic carbocycles. The predicted octanol–water partition coefficient (Wildman–Crippen LogP) is 0.686. The van der Waals surface area contributed by atoms with Crippen LogP contribution in [0.1, 0.15) is 28.6 Å². The molecular weight excluding hydrogens is 362 g/mol. The van der Waals surface area contributed by atoms with Gasteiger partial charge in [-0.1, -0.05) is 6.07 Å². The summed E-state index contributed by atoms with van der Waals surface area (Å²) in [7, 11) is -0.541. The summed E-state index contributed by atoms with van der Waals surface area (Å²) in [6.45, 7) is 2.22. The number of carbonyl (C=O) groups is 1. The van der Waals surface area contributed by atoms with E-state index in [9.17, 15) is 13.2 Å². The standard InChI is InChI=1S/C15H21N5O3S2/c1-10-12(9-19(2)17-10)13-7-14(20(3)25(22,23)18-13)15(21)16-8-11-5-4-6-24-11/h4-6,9,13-14,18H,7-8H2,1-3H3,(H,16,21)/t13-,14+/m1/s1. The maximum Gasteiger partial charge on any atom is 0.280 e. The molecule has 2 atom stereocenters. The van der Waals surface area contributed by atoms with E-state index in [1.807, 2.05) is 24.4 Å². The Bertz CT molecular complexity index is 860. The molecule has 1 aliphatic heterocycles. The molecule has 0 spiro atoms. The summed E-state index contributed by atoms with van der Waals surface area (Å²) < 4.78 is 30.3. The van der Waals surface area contributed by atoms with Gasteiger partial charge in [-0.2, -0.15) is 22.5 Å². The van der Waals surface area contributed by atoms with Gasteiger partial charge in [0.15, 0.2) is 0 Å². The van der Waals surface area contributed by atoms with Gasteiger partial charge in [0.25, 0.3) is 10.2 Å². The molecule has 0 unspecified atom stereocenters. The van der Waals surface area contributed by atoms with Crippen molar-refractivity contribution in [3.05, 3.63) is 39.8 Å². The lowest BCUT2D eigenvalue weighted by atomic mass is 10.00. The van der Waals surface area contributed by atoms with Crippen molar-refractivity contribution in [2.24, 2.45) is 7.05 Å². The molecule has 3 heterocycles. The van der Waals surface area contributed by atoms with E-state index in [1.165, 1.54) is 7.05 Å². The minimum Gasteiger partial charge on any atom is -0.350 e. The second kappa shape index (κ2) is 6.87. The predicted molar refractivity (Wildman–Crippen MR) is 95.1 cm³/mol. The summed E-state index contributed by atoms with van der Waals surface area (Å²) in [5.41, 5.74) is 1.53. The molecule has 0 aromatic carbocycles. The van der Waals surface area contributed by atoms with Crippen LogP contribution in [0.15, 0.2) is 23.7 Å². The third-order valence-corrected chi connectivity index (χ3v) is 6.79. The normalized spacial score (nSPS) is 23.5. The first-order valence-electron chi connectivity index (χ1n) is 7.83. The van der Waals surface area contributed by atoms with Crippen LogP contribution in [0.3, 0.4) is 0 Å². The van der Waals surface area contributed by atoms with E-state index < -0.39 is 22.3 Å². The minimum atomic E-state index is -3.74. The Labute approximate surface area is 151 Å². The van der Waals surface area contributed by atoms with E-state index in [1.54, 1.807) is 29.3 Å². The third kappa shape index (κ3) is 3.76. The van der Waals surface area contributed by atoms with Crippen molar-refractivity contribution < 1.29 is 13.2 Å². The smallest absolute Gasteiger partial charge is 0.280 e. The molecule has 2 aromatic rings. The molecule has 2 aromatic heterocycles. The number of amides is 1. The molecule has 8 nitrogen and oxygen atoms in total. The molecule has 0 radical (unpaired) electrons. The van der Waals surface area contributed by atoms with E-state index in [4.69, 9.17) is 0 Å². The highest BCUT2D eigenvalue weighted by molar-refractivity contribution is 7.87. The Balaban J connectivity index is 1.79. The highest BCUT2D eigenvalue weighted by Gasteiger charge is 2.41. The van der Waals surface area contributed by atoms with Gasteiger partial charge in [0.2, 0.25) is 5.91 Å². The number of carbonyl (C=O) groups excluding carboxylic acids is 1. The van der Waals surface area contributed by atoms with Crippen LogP contribution in [0.2, 0.25) is 0 Å². The van der Waals surface area contributed by atoms with Crippen molar-refractivity contribution in [2.75, 3.05) is 7.05 Å². The highest BCUT2D eigenvalue weighted by Crippen LogP contribution is 2.29. The van der Waals surface area contributed by atoms with Crippen LogP contribution in [0.5, 0.6) is 0 Å². The fraction of sp³-hybridized carbons (Fsp3) is 0.467. The average Bonchev–Trinajstić information content (AvgIpc) is 3.16. The second-order valence-electron chi connectivity index (χ2n) is 6.08. The first-order chi connectivity index (χ1) is 11.8. The number of aryl methyl sites for hydroxylation is 2. The zero-order valence-electron chi connectivity index (χ0n) is 14.3. The number of nitrogens with one attached hydrogen (secondary N) is 2. The fourth-order valence-electron chi connectivity index (χ4n) is 2.98. The van der Waals surface area contributed by atoms with Crippen molar-refractivity contribution in [1.82, 2.24) is 24.1 Å². The number of nitrogens with zero attached hydrogens (tertiary/aromatic N) is 3. The topological polar surface area (TPSA) is 96.3 Å². The van der Waals surface area contributed by atoms with Crippen molar-refractivity contribution >= 4 is 27.5 Å². The summed E-state index contributed by atoms with van der Waals surface area (Å²) in [6, 6.07) is 2.59. The van der Waals surface area contributed by atoms with Crippen molar-refractivity contribution in [1.29, 1.82) is 0 Å². The molecule has 2 N–H and O–H groups in total. The Kier molecular flexibility index (Phi) is 4.96. The van der Waals surface area contributed by atoms with Crippen LogP contribution in [0.25, 0.3) is 0 Å². The van der Waals surface area contributed by atoms with Crippen molar-refractivity contribution in [2.45, 2.75) is 32.0 Å². The molecule has 1 amide bonds. The van der Waals surface area contributed by atoms with Gasteiger partial charge in [-0.05, 0) is 24.8 Å². The zero-order chi connectivity index (χ0) is 18.2. The monoisotopic (exact) mass is 383 g/mol. The maximum atomic E-state index is 12.6. The van der Waals surface area contributed by atoms with Crippen LogP contribution in [0.4, 0.5) is 0 Å². The maximum absolute atomic E-state index is 12.6. The first kappa shape index (κ1) is 18.1. The number of hydrogen-bond donors (Lipinski definition) is 2. The molecule has 25 heavy (non-hydrogen) atoms. The Morgan fingerprint density at radius 3 is 2.84 bits per heavy atom. The van der Waals surface area contributed by atoms with E-state index in [0.29, 0.717) is 13.0 Å². The first-order valence-corrected chi connectivity index (χ1v) is 10.2. The number of hydrogen-bond acceptors (Lipinski definition) is 5. The van der Waals surface area contributed by atoms with E-state index >= 15 is 0 Å². The molecule has 1 fully saturated rings. The lowest BCUT2D eigenvalue weighted by molar-refractivity contribution is -0.125. The zero-order valence-corrected chi connectivity index (χ0v) is 15.9. The Morgan fingerprint density at radius 1 is 1.48 bits per heavy atom. The van der Waals surface area contributed by atoms with Crippen LogP contribution in [-0.4, -0.2) is 41.5 Å². The lowest BCUT2D eigenvalue weighted by Gasteiger charge is -2.36. The Morgan fingerprint density at radius 2 is 2.24 bits per heavy atom.